The molecule has 1 saturated heterocycles. The van der Waals surface area contributed by atoms with Gasteiger partial charge in [-0.25, -0.2) is 19.2 Å². The number of rotatable bonds is 10. The first-order valence-corrected chi connectivity index (χ1v) is 13.8. The number of hydrogen-bond acceptors (Lipinski definition) is 8. The van der Waals surface area contributed by atoms with E-state index in [1.54, 1.807) is 11.8 Å². The Labute approximate surface area is 246 Å². The number of carboxylic acid groups (broad SMARTS) is 4. The molecular formula is C29H33N3O9S. The third kappa shape index (κ3) is 12.4. The Kier molecular flexibility index (Phi) is 14.5. The van der Waals surface area contributed by atoms with Crippen LogP contribution in [-0.2, 0) is 24.0 Å². The molecule has 1 amide bonds. The third-order valence-corrected chi connectivity index (χ3v) is 6.85. The van der Waals surface area contributed by atoms with Crippen molar-refractivity contribution in [3.8, 4) is 0 Å². The Balaban J connectivity index is 0.000000319. The predicted octanol–water partition coefficient (Wildman–Crippen LogP) is 3.32. The summed E-state index contributed by atoms with van der Waals surface area (Å²) < 4.78 is 0. The molecule has 5 N–H and O–H groups in total. The van der Waals surface area contributed by atoms with Crippen LogP contribution in [0, 0.1) is 0 Å². The second kappa shape index (κ2) is 18.1. The summed E-state index contributed by atoms with van der Waals surface area (Å²) in [6, 6.07) is 16.3. The van der Waals surface area contributed by atoms with Gasteiger partial charge in [0.05, 0.1) is 17.9 Å². The first-order valence-electron chi connectivity index (χ1n) is 13.0. The summed E-state index contributed by atoms with van der Waals surface area (Å²) >= 11 is 1.73. The number of aliphatic carboxylic acids is 4. The lowest BCUT2D eigenvalue weighted by Crippen LogP contribution is -2.37. The average molecular weight is 600 g/mol. The highest BCUT2D eigenvalue weighted by atomic mass is 32.2. The van der Waals surface area contributed by atoms with Crippen molar-refractivity contribution < 1.29 is 44.4 Å². The van der Waals surface area contributed by atoms with Gasteiger partial charge in [-0.2, -0.15) is 0 Å². The summed E-state index contributed by atoms with van der Waals surface area (Å²) in [4.78, 5) is 57.8. The van der Waals surface area contributed by atoms with Crippen LogP contribution < -0.4 is 10.2 Å². The van der Waals surface area contributed by atoms with Gasteiger partial charge in [0.25, 0.3) is 0 Å². The SMILES string of the molecule is O=C(CNCCCN1CCCC1)N1c2ccccc2Sc2ccccc21.O=C(O)/C=C\C(=O)O.O=C(O)/C=C\C(=O)O. The number of carbonyl (C=O) groups is 5. The third-order valence-electron chi connectivity index (χ3n) is 5.72. The lowest BCUT2D eigenvalue weighted by molar-refractivity contribution is -0.134. The summed E-state index contributed by atoms with van der Waals surface area (Å²) in [7, 11) is 0. The van der Waals surface area contributed by atoms with Crippen molar-refractivity contribution in [2.75, 3.05) is 37.6 Å². The Morgan fingerprint density at radius 1 is 0.714 bits per heavy atom. The van der Waals surface area contributed by atoms with E-state index in [0.29, 0.717) is 30.8 Å². The monoisotopic (exact) mass is 599 g/mol. The number of amides is 1. The molecule has 0 aliphatic carbocycles. The number of nitrogens with zero attached hydrogens (tertiary/aromatic N) is 2. The molecule has 0 bridgehead atoms. The molecule has 2 aromatic carbocycles. The van der Waals surface area contributed by atoms with Crippen LogP contribution in [0.5, 0.6) is 0 Å². The molecule has 0 aromatic heterocycles. The van der Waals surface area contributed by atoms with E-state index < -0.39 is 23.9 Å². The van der Waals surface area contributed by atoms with Crippen LogP contribution in [0.2, 0.25) is 0 Å². The normalized spacial score (nSPS) is 13.8. The molecule has 0 unspecified atom stereocenters. The number of hydrogen-bond donors (Lipinski definition) is 5. The quantitative estimate of drug-likeness (QED) is 0.199. The smallest absolute Gasteiger partial charge is 0.328 e. The molecule has 0 saturated carbocycles. The maximum atomic E-state index is 13.0. The fraction of sp³-hybridized carbons (Fsp3) is 0.276. The molecule has 2 aromatic rings. The van der Waals surface area contributed by atoms with Gasteiger partial charge in [0, 0.05) is 34.1 Å². The van der Waals surface area contributed by atoms with Gasteiger partial charge in [-0.3, -0.25) is 9.69 Å². The molecule has 2 aliphatic rings. The van der Waals surface area contributed by atoms with E-state index in [4.69, 9.17) is 20.4 Å². The number of likely N-dealkylation sites (tertiary alicyclic amines) is 1. The lowest BCUT2D eigenvalue weighted by atomic mass is 10.2. The van der Waals surface area contributed by atoms with Crippen molar-refractivity contribution in [2.45, 2.75) is 29.1 Å². The average Bonchev–Trinajstić information content (AvgIpc) is 3.48. The van der Waals surface area contributed by atoms with E-state index >= 15 is 0 Å². The minimum atomic E-state index is -1.26. The first kappa shape index (κ1) is 33.7. The Morgan fingerprint density at radius 3 is 1.57 bits per heavy atom. The highest BCUT2D eigenvalue weighted by Crippen LogP contribution is 2.47. The van der Waals surface area contributed by atoms with Crippen molar-refractivity contribution in [3.63, 3.8) is 0 Å². The molecule has 0 radical (unpaired) electrons. The number of carbonyl (C=O) groups excluding carboxylic acids is 1. The van der Waals surface area contributed by atoms with Crippen molar-refractivity contribution >= 4 is 52.9 Å². The maximum Gasteiger partial charge on any atom is 0.328 e. The summed E-state index contributed by atoms with van der Waals surface area (Å²) in [5.74, 6) is -4.93. The minimum Gasteiger partial charge on any atom is -0.478 e. The van der Waals surface area contributed by atoms with E-state index in [-0.39, 0.29) is 5.91 Å². The lowest BCUT2D eigenvalue weighted by Gasteiger charge is -2.31. The topological polar surface area (TPSA) is 185 Å². The highest BCUT2D eigenvalue weighted by Gasteiger charge is 2.27. The van der Waals surface area contributed by atoms with E-state index in [9.17, 15) is 24.0 Å². The summed E-state index contributed by atoms with van der Waals surface area (Å²) in [5, 5.41) is 34.6. The van der Waals surface area contributed by atoms with E-state index in [0.717, 1.165) is 40.7 Å². The highest BCUT2D eigenvalue weighted by molar-refractivity contribution is 7.99. The van der Waals surface area contributed by atoms with Gasteiger partial charge in [0.1, 0.15) is 0 Å². The molecule has 13 heteroatoms. The van der Waals surface area contributed by atoms with Crippen molar-refractivity contribution in [1.82, 2.24) is 10.2 Å². The largest absolute Gasteiger partial charge is 0.478 e. The van der Waals surface area contributed by atoms with Crippen LogP contribution in [0.3, 0.4) is 0 Å². The van der Waals surface area contributed by atoms with E-state index in [2.05, 4.69) is 22.3 Å². The summed E-state index contributed by atoms with van der Waals surface area (Å²) in [5.41, 5.74) is 1.97. The van der Waals surface area contributed by atoms with Gasteiger partial charge >= 0.3 is 23.9 Å². The van der Waals surface area contributed by atoms with Crippen molar-refractivity contribution in [1.29, 1.82) is 0 Å². The number of nitrogens with one attached hydrogen (secondary N) is 1. The molecule has 42 heavy (non-hydrogen) atoms. The summed E-state index contributed by atoms with van der Waals surface area (Å²) in [6.45, 7) is 4.85. The van der Waals surface area contributed by atoms with Gasteiger partial charge in [-0.15, -0.1) is 0 Å². The fourth-order valence-corrected chi connectivity index (χ4v) is 5.02. The zero-order valence-corrected chi connectivity index (χ0v) is 23.5. The van der Waals surface area contributed by atoms with Gasteiger partial charge in [-0.1, -0.05) is 36.0 Å². The molecule has 0 atom stereocenters. The van der Waals surface area contributed by atoms with Crippen LogP contribution >= 0.6 is 11.8 Å². The molecule has 2 heterocycles. The van der Waals surface area contributed by atoms with Gasteiger partial charge in [-0.05, 0) is 69.7 Å². The van der Waals surface area contributed by atoms with Crippen LogP contribution in [0.15, 0.2) is 82.6 Å². The van der Waals surface area contributed by atoms with Crippen LogP contribution in [0.4, 0.5) is 11.4 Å². The molecule has 1 fully saturated rings. The fourth-order valence-electron chi connectivity index (χ4n) is 3.97. The van der Waals surface area contributed by atoms with Gasteiger partial charge in [0.2, 0.25) is 5.91 Å². The second-order valence-corrected chi connectivity index (χ2v) is 9.95. The van der Waals surface area contributed by atoms with Crippen LogP contribution in [-0.4, -0.2) is 87.8 Å². The molecule has 4 rings (SSSR count). The molecule has 0 spiro atoms. The molecule has 12 nitrogen and oxygen atoms in total. The molecule has 224 valence electrons. The number of para-hydroxylation sites is 2. The van der Waals surface area contributed by atoms with Crippen molar-refractivity contribution in [2.24, 2.45) is 0 Å². The molecular weight excluding hydrogens is 566 g/mol. The molecule has 2 aliphatic heterocycles. The standard InChI is InChI=1S/C21H25N3OS.2C4H4O4/c25-21(16-22-12-7-15-23-13-5-6-14-23)24-17-8-1-3-10-19(17)26-20-11-4-2-9-18(20)24;2*5-3(6)1-2-4(7)8/h1-4,8-11,22H,5-7,12-16H2;2*1-2H,(H,5,6)(H,7,8)/b;2*2-1-. The van der Waals surface area contributed by atoms with Crippen LogP contribution in [0.25, 0.3) is 0 Å². The zero-order valence-electron chi connectivity index (χ0n) is 22.7. The van der Waals surface area contributed by atoms with E-state index in [1.165, 1.54) is 25.9 Å². The second-order valence-electron chi connectivity index (χ2n) is 8.87. The van der Waals surface area contributed by atoms with E-state index in [1.807, 2.05) is 41.3 Å². The number of fused-ring (bicyclic) bond motifs is 2. The summed E-state index contributed by atoms with van der Waals surface area (Å²) in [6.07, 6.45) is 5.99. The van der Waals surface area contributed by atoms with Crippen molar-refractivity contribution in [3.05, 3.63) is 72.8 Å². The maximum absolute atomic E-state index is 13.0. The Morgan fingerprint density at radius 2 is 1.14 bits per heavy atom. The van der Waals surface area contributed by atoms with Gasteiger partial charge < -0.3 is 30.6 Å². The van der Waals surface area contributed by atoms with Gasteiger partial charge in [0.15, 0.2) is 0 Å². The zero-order chi connectivity index (χ0) is 30.9. The number of carboxylic acids is 4. The Hall–Kier alpha value is -4.46. The number of anilines is 2. The number of benzene rings is 2. The van der Waals surface area contributed by atoms with Crippen LogP contribution in [0.1, 0.15) is 19.3 Å². The predicted molar refractivity (Wildman–Crippen MR) is 156 cm³/mol. The Bertz CT molecular complexity index is 1200. The minimum absolute atomic E-state index is 0.103. The first-order chi connectivity index (χ1) is 20.1.